The van der Waals surface area contributed by atoms with Crippen LogP contribution in [0.25, 0.3) is 33.1 Å². The largest absolute Gasteiger partial charge is 0.514 e. The van der Waals surface area contributed by atoms with E-state index in [1.807, 2.05) is 20.8 Å². The van der Waals surface area contributed by atoms with Crippen molar-refractivity contribution in [3.8, 4) is 22.6 Å². The van der Waals surface area contributed by atoms with Crippen molar-refractivity contribution in [1.82, 2.24) is 0 Å². The minimum Gasteiger partial charge on any atom is -0.428 e. The van der Waals surface area contributed by atoms with Gasteiger partial charge in [0.05, 0.1) is 0 Å². The van der Waals surface area contributed by atoms with Gasteiger partial charge in [-0.25, -0.2) is 4.79 Å². The van der Waals surface area contributed by atoms with Crippen LogP contribution in [-0.2, 0) is 4.74 Å². The Kier molecular flexibility index (Phi) is 12.3. The summed E-state index contributed by atoms with van der Waals surface area (Å²) < 4.78 is 33.8. The van der Waals surface area contributed by atoms with Crippen molar-refractivity contribution < 1.29 is 27.2 Å². The molecule has 0 fully saturated rings. The highest BCUT2D eigenvalue weighted by Gasteiger charge is 2.31. The van der Waals surface area contributed by atoms with Crippen molar-refractivity contribution in [1.29, 1.82) is 0 Å². The molecule has 0 bridgehead atoms. The van der Waals surface area contributed by atoms with E-state index >= 15 is 0 Å². The third kappa shape index (κ3) is 8.15. The molecule has 302 valence electrons. The number of fused-ring (bicyclic) bond motifs is 3. The summed E-state index contributed by atoms with van der Waals surface area (Å²) in [4.78, 5) is 13.5. The molecule has 5 aromatic rings. The highest BCUT2D eigenvalue weighted by atomic mass is 31.1. The van der Waals surface area contributed by atoms with Crippen LogP contribution >= 0.6 is 8.24 Å². The fraction of sp³-hybridized carbons (Fsp3) is 0.490. The molecule has 0 amide bonds. The summed E-state index contributed by atoms with van der Waals surface area (Å²) in [6, 6.07) is 8.87. The predicted octanol–water partition coefficient (Wildman–Crippen LogP) is 16.1. The first-order valence-corrected chi connectivity index (χ1v) is 21.4. The SMILES string of the molecule is Cc1cc(C(C)C)c(OC(=O)OC(C)(C)C)c(-c2c(C)c(C)cc(C(C)C)c2Op2oc3c(C(C)C)cc(C)c(C)c3c3c(C)c(C)cc(C(C)C)c3o2)c1C. The van der Waals surface area contributed by atoms with Crippen LogP contribution in [0, 0.1) is 55.4 Å². The Bertz CT molecular complexity index is 2300. The van der Waals surface area contributed by atoms with Crippen LogP contribution in [-0.4, -0.2) is 11.8 Å². The summed E-state index contributed by atoms with van der Waals surface area (Å²) in [6.07, 6.45) is -0.743. The van der Waals surface area contributed by atoms with Crippen molar-refractivity contribution in [2.45, 2.75) is 161 Å². The van der Waals surface area contributed by atoms with Crippen molar-refractivity contribution in [2.75, 3.05) is 0 Å². The van der Waals surface area contributed by atoms with E-state index in [1.54, 1.807) is 0 Å². The molecule has 0 unspecified atom stereocenters. The van der Waals surface area contributed by atoms with Gasteiger partial charge in [0, 0.05) is 21.9 Å². The minimum atomic E-state index is -2.06. The lowest BCUT2D eigenvalue weighted by Gasteiger charge is -2.26. The molecule has 4 aromatic carbocycles. The van der Waals surface area contributed by atoms with Gasteiger partial charge in [-0.15, -0.1) is 0 Å². The highest BCUT2D eigenvalue weighted by molar-refractivity contribution is 7.32. The Morgan fingerprint density at radius 1 is 0.536 bits per heavy atom. The molecule has 0 aliphatic rings. The average Bonchev–Trinajstić information content (AvgIpc) is 3.24. The summed E-state index contributed by atoms with van der Waals surface area (Å²) in [6.45, 7) is 40.2. The van der Waals surface area contributed by atoms with Gasteiger partial charge in [-0.2, -0.15) is 0 Å². The molecule has 56 heavy (non-hydrogen) atoms. The smallest absolute Gasteiger partial charge is 0.428 e. The molecule has 0 atom stereocenters. The van der Waals surface area contributed by atoms with Gasteiger partial charge in [0.15, 0.2) is 0 Å². The van der Waals surface area contributed by atoms with Gasteiger partial charge in [-0.1, -0.05) is 79.7 Å². The predicted molar refractivity (Wildman–Crippen MR) is 235 cm³/mol. The summed E-state index contributed by atoms with van der Waals surface area (Å²) in [5.41, 5.74) is 15.8. The van der Waals surface area contributed by atoms with E-state index < -0.39 is 20.0 Å². The summed E-state index contributed by atoms with van der Waals surface area (Å²) >= 11 is 0. The summed E-state index contributed by atoms with van der Waals surface area (Å²) in [7, 11) is -2.06. The van der Waals surface area contributed by atoms with Gasteiger partial charge in [0.1, 0.15) is 28.3 Å². The van der Waals surface area contributed by atoms with Crippen LogP contribution in [0.2, 0.25) is 0 Å². The molecule has 0 N–H and O–H groups in total. The number of carbonyl (C=O) groups is 1. The molecule has 0 aliphatic heterocycles. The van der Waals surface area contributed by atoms with Crippen LogP contribution in [0.1, 0.15) is 167 Å². The fourth-order valence-corrected chi connectivity index (χ4v) is 8.78. The van der Waals surface area contributed by atoms with Crippen LogP contribution in [0.3, 0.4) is 0 Å². The van der Waals surface area contributed by atoms with Crippen molar-refractivity contribution in [3.63, 3.8) is 0 Å². The maximum atomic E-state index is 13.5. The summed E-state index contributed by atoms with van der Waals surface area (Å²) in [5.74, 6) is 1.67. The van der Waals surface area contributed by atoms with Crippen LogP contribution in [0.4, 0.5) is 4.79 Å². The van der Waals surface area contributed by atoms with Crippen LogP contribution in [0.5, 0.6) is 11.5 Å². The molecule has 5 rings (SSSR count). The van der Waals surface area contributed by atoms with Gasteiger partial charge in [0.2, 0.25) is 0 Å². The Hall–Kier alpha value is -4.15. The van der Waals surface area contributed by atoms with Gasteiger partial charge < -0.3 is 22.4 Å². The molecule has 6 nitrogen and oxygen atoms in total. The van der Waals surface area contributed by atoms with E-state index in [0.717, 1.165) is 77.6 Å². The quantitative estimate of drug-likeness (QED) is 0.115. The van der Waals surface area contributed by atoms with E-state index in [4.69, 9.17) is 22.4 Å². The second kappa shape index (κ2) is 16.0. The Morgan fingerprint density at radius 2 is 0.875 bits per heavy atom. The second-order valence-corrected chi connectivity index (χ2v) is 19.1. The molecule has 1 aromatic heterocycles. The lowest BCUT2D eigenvalue weighted by molar-refractivity contribution is 0.0205. The Labute approximate surface area is 337 Å². The van der Waals surface area contributed by atoms with Crippen LogP contribution in [0.15, 0.2) is 32.7 Å². The number of aryl methyl sites for hydroxylation is 6. The van der Waals surface area contributed by atoms with Crippen LogP contribution < -0.4 is 9.26 Å². The normalized spacial score (nSPS) is 12.2. The molecule has 7 heteroatoms. The van der Waals surface area contributed by atoms with Crippen molar-refractivity contribution >= 4 is 36.3 Å². The van der Waals surface area contributed by atoms with E-state index in [9.17, 15) is 4.79 Å². The Morgan fingerprint density at radius 3 is 1.25 bits per heavy atom. The van der Waals surface area contributed by atoms with Crippen molar-refractivity contribution in [3.05, 3.63) is 91.0 Å². The van der Waals surface area contributed by atoms with Gasteiger partial charge in [-0.05, 0) is 167 Å². The first-order chi connectivity index (χ1) is 25.9. The van der Waals surface area contributed by atoms with Gasteiger partial charge >= 0.3 is 14.4 Å². The maximum absolute atomic E-state index is 13.5. The molecule has 0 saturated heterocycles. The first kappa shape index (κ1) is 43.0. The van der Waals surface area contributed by atoms with E-state index in [1.165, 1.54) is 22.3 Å². The molecule has 0 radical (unpaired) electrons. The van der Waals surface area contributed by atoms with E-state index in [2.05, 4.69) is 135 Å². The number of benzene rings is 4. The molecular weight excluding hydrogens is 716 g/mol. The van der Waals surface area contributed by atoms with Crippen molar-refractivity contribution in [2.24, 2.45) is 0 Å². The summed E-state index contributed by atoms with van der Waals surface area (Å²) in [5, 5.41) is 2.16. The first-order valence-electron chi connectivity index (χ1n) is 20.3. The molecule has 0 saturated carbocycles. The fourth-order valence-electron chi connectivity index (χ4n) is 7.63. The maximum Gasteiger partial charge on any atom is 0.514 e. The zero-order chi connectivity index (χ0) is 41.9. The molecular formula is C49H65O6P. The minimum absolute atomic E-state index is 0.0535. The Balaban J connectivity index is 2.01. The molecule has 1 heterocycles. The topological polar surface area (TPSA) is 71.0 Å². The van der Waals surface area contributed by atoms with Gasteiger partial charge in [0.25, 0.3) is 0 Å². The highest BCUT2D eigenvalue weighted by Crippen LogP contribution is 2.53. The zero-order valence-corrected chi connectivity index (χ0v) is 38.4. The number of carbonyl (C=O) groups excluding carboxylic acids is 1. The number of hydrogen-bond acceptors (Lipinski definition) is 6. The number of rotatable bonds is 8. The lowest BCUT2D eigenvalue weighted by Crippen LogP contribution is -2.26. The lowest BCUT2D eigenvalue weighted by atomic mass is 9.84. The standard InChI is InChI=1S/C49H65O6P/c1-24(2)36-20-28(9)32(13)40(44(36)51-48(50)52-49(17,18)19)41-33(14)29(10)21-37(25(3)4)45(41)53-56-54-46-38(26(5)6)22-30(11)34(15)42(46)43-35(16)31(12)23-39(27(7)8)47(43)55-56/h20-27H,1-19H3. The molecule has 0 aliphatic carbocycles. The number of ether oxygens (including phenoxy) is 2. The second-order valence-electron chi connectivity index (χ2n) is 18.1. The zero-order valence-electron chi connectivity index (χ0n) is 37.5. The van der Waals surface area contributed by atoms with E-state index in [-0.39, 0.29) is 23.7 Å². The third-order valence-corrected chi connectivity index (χ3v) is 12.4. The monoisotopic (exact) mass is 780 g/mol. The third-order valence-electron chi connectivity index (χ3n) is 11.4. The molecule has 0 spiro atoms. The van der Waals surface area contributed by atoms with Gasteiger partial charge in [-0.3, -0.25) is 0 Å². The average molecular weight is 781 g/mol. The van der Waals surface area contributed by atoms with E-state index in [0.29, 0.717) is 11.5 Å². The number of hydrogen-bond donors (Lipinski definition) is 0.